The number of thiazole rings is 1. The van der Waals surface area contributed by atoms with E-state index in [1.807, 2.05) is 11.8 Å². The summed E-state index contributed by atoms with van der Waals surface area (Å²) in [5, 5.41) is 0.724. The molecule has 1 aromatic heterocycles. The molecule has 0 fully saturated rings. The van der Waals surface area contributed by atoms with E-state index in [0.717, 1.165) is 43.4 Å². The fourth-order valence-corrected chi connectivity index (χ4v) is 4.98. The van der Waals surface area contributed by atoms with Crippen molar-refractivity contribution in [1.82, 2.24) is 9.88 Å². The summed E-state index contributed by atoms with van der Waals surface area (Å²) in [5.41, 5.74) is 9.95. The Morgan fingerprint density at radius 2 is 2.05 bits per heavy atom. The van der Waals surface area contributed by atoms with E-state index in [1.54, 1.807) is 11.3 Å². The van der Waals surface area contributed by atoms with Gasteiger partial charge in [-0.2, -0.15) is 0 Å². The van der Waals surface area contributed by atoms with Crippen molar-refractivity contribution in [2.75, 3.05) is 31.1 Å². The molecule has 1 aromatic carbocycles. The number of anilines is 1. The first kappa shape index (κ1) is 14.3. The third-order valence-corrected chi connectivity index (χ3v) is 6.42. The number of nitrogens with zero attached hydrogens (tertiary/aromatic N) is 2. The number of hydrogen-bond donors (Lipinski definition) is 1. The van der Waals surface area contributed by atoms with Crippen LogP contribution in [-0.4, -0.2) is 35.3 Å². The molecule has 0 atom stereocenters. The summed E-state index contributed by atoms with van der Waals surface area (Å²) in [6.07, 6.45) is 4.49. The average Bonchev–Trinajstić information content (AvgIpc) is 2.80. The van der Waals surface area contributed by atoms with Crippen molar-refractivity contribution in [3.8, 4) is 0 Å². The molecule has 0 spiro atoms. The van der Waals surface area contributed by atoms with E-state index >= 15 is 0 Å². The molecule has 2 aliphatic heterocycles. The van der Waals surface area contributed by atoms with E-state index in [9.17, 15) is 0 Å². The van der Waals surface area contributed by atoms with Crippen LogP contribution >= 0.6 is 23.1 Å². The standard InChI is InChI=1S/C17H19N3S2/c18-17-19-14-5-7-20(8-6-16(14)22-17)10-12-9-13-3-1-2-4-15(13)21-11-12/h1-4,9H,5-8,10-11H2,(H2,18,19). The molecule has 2 N–H and O–H groups in total. The Labute approximate surface area is 139 Å². The second-order valence-electron chi connectivity index (χ2n) is 5.83. The van der Waals surface area contributed by atoms with Crippen LogP contribution in [0.15, 0.2) is 34.7 Å². The van der Waals surface area contributed by atoms with Gasteiger partial charge in [0.2, 0.25) is 0 Å². The molecule has 3 heterocycles. The van der Waals surface area contributed by atoms with E-state index in [4.69, 9.17) is 5.73 Å². The van der Waals surface area contributed by atoms with Crippen LogP contribution in [0.4, 0.5) is 5.13 Å². The minimum atomic E-state index is 0.724. The molecular formula is C17H19N3S2. The number of thioether (sulfide) groups is 1. The van der Waals surface area contributed by atoms with Crippen LogP contribution in [0, 0.1) is 0 Å². The predicted molar refractivity (Wildman–Crippen MR) is 95.5 cm³/mol. The largest absolute Gasteiger partial charge is 0.375 e. The molecule has 0 bridgehead atoms. The van der Waals surface area contributed by atoms with E-state index < -0.39 is 0 Å². The van der Waals surface area contributed by atoms with Crippen LogP contribution in [0.25, 0.3) is 6.08 Å². The zero-order valence-electron chi connectivity index (χ0n) is 12.4. The number of benzene rings is 1. The highest BCUT2D eigenvalue weighted by molar-refractivity contribution is 7.99. The van der Waals surface area contributed by atoms with Gasteiger partial charge in [0.15, 0.2) is 5.13 Å². The van der Waals surface area contributed by atoms with Gasteiger partial charge in [-0.15, -0.1) is 23.1 Å². The number of rotatable bonds is 2. The summed E-state index contributed by atoms with van der Waals surface area (Å²) in [6, 6.07) is 8.68. The third-order valence-electron chi connectivity index (χ3n) is 4.23. The molecular weight excluding hydrogens is 310 g/mol. The molecule has 2 aliphatic rings. The fourth-order valence-electron chi connectivity index (χ4n) is 3.13. The van der Waals surface area contributed by atoms with Gasteiger partial charge in [-0.25, -0.2) is 4.98 Å². The van der Waals surface area contributed by atoms with Gasteiger partial charge in [-0.1, -0.05) is 24.3 Å². The average molecular weight is 329 g/mol. The van der Waals surface area contributed by atoms with Gasteiger partial charge in [0.05, 0.1) is 5.69 Å². The van der Waals surface area contributed by atoms with Crippen molar-refractivity contribution < 1.29 is 0 Å². The van der Waals surface area contributed by atoms with E-state index in [2.05, 4.69) is 40.2 Å². The van der Waals surface area contributed by atoms with Crippen LogP contribution < -0.4 is 5.73 Å². The Bertz CT molecular complexity index is 695. The topological polar surface area (TPSA) is 42.1 Å². The lowest BCUT2D eigenvalue weighted by Crippen LogP contribution is -2.29. The number of hydrogen-bond acceptors (Lipinski definition) is 5. The summed E-state index contributed by atoms with van der Waals surface area (Å²) in [7, 11) is 0. The van der Waals surface area contributed by atoms with Crippen molar-refractivity contribution in [2.24, 2.45) is 0 Å². The summed E-state index contributed by atoms with van der Waals surface area (Å²) in [4.78, 5) is 9.83. The number of aromatic nitrogens is 1. The maximum atomic E-state index is 5.82. The molecule has 0 aliphatic carbocycles. The monoisotopic (exact) mass is 329 g/mol. The number of fused-ring (bicyclic) bond motifs is 2. The predicted octanol–water partition coefficient (Wildman–Crippen LogP) is 3.32. The Kier molecular flexibility index (Phi) is 3.94. The minimum absolute atomic E-state index is 0.724. The molecule has 0 radical (unpaired) electrons. The molecule has 0 unspecified atom stereocenters. The van der Waals surface area contributed by atoms with Gasteiger partial charge in [0, 0.05) is 41.6 Å². The zero-order chi connectivity index (χ0) is 14.9. The van der Waals surface area contributed by atoms with Crippen LogP contribution in [0.5, 0.6) is 0 Å². The first-order chi connectivity index (χ1) is 10.8. The molecule has 2 aromatic rings. The molecule has 114 valence electrons. The Hall–Kier alpha value is -1.30. The number of nitrogens with two attached hydrogens (primary N) is 1. The Balaban J connectivity index is 1.45. The molecule has 3 nitrogen and oxygen atoms in total. The van der Waals surface area contributed by atoms with Crippen molar-refractivity contribution in [1.29, 1.82) is 0 Å². The van der Waals surface area contributed by atoms with Gasteiger partial charge in [0.25, 0.3) is 0 Å². The lowest BCUT2D eigenvalue weighted by molar-refractivity contribution is 0.312. The van der Waals surface area contributed by atoms with Gasteiger partial charge >= 0.3 is 0 Å². The van der Waals surface area contributed by atoms with Crippen LogP contribution in [0.2, 0.25) is 0 Å². The summed E-state index contributed by atoms with van der Waals surface area (Å²) in [6.45, 7) is 3.27. The first-order valence-electron chi connectivity index (χ1n) is 7.65. The van der Waals surface area contributed by atoms with Crippen molar-refractivity contribution in [2.45, 2.75) is 17.7 Å². The fraction of sp³-hybridized carbons (Fsp3) is 0.353. The van der Waals surface area contributed by atoms with Gasteiger partial charge in [-0.3, -0.25) is 4.90 Å². The lowest BCUT2D eigenvalue weighted by Gasteiger charge is -2.24. The van der Waals surface area contributed by atoms with Gasteiger partial charge in [-0.05, 0) is 23.6 Å². The van der Waals surface area contributed by atoms with Crippen molar-refractivity contribution in [3.05, 3.63) is 46.0 Å². The molecule has 0 amide bonds. The lowest BCUT2D eigenvalue weighted by atomic mass is 10.1. The third kappa shape index (κ3) is 2.93. The van der Waals surface area contributed by atoms with Crippen molar-refractivity contribution >= 4 is 34.3 Å². The highest BCUT2D eigenvalue weighted by atomic mass is 32.2. The minimum Gasteiger partial charge on any atom is -0.375 e. The molecule has 5 heteroatoms. The van der Waals surface area contributed by atoms with Gasteiger partial charge < -0.3 is 5.73 Å². The zero-order valence-corrected chi connectivity index (χ0v) is 14.1. The first-order valence-corrected chi connectivity index (χ1v) is 9.46. The van der Waals surface area contributed by atoms with Crippen molar-refractivity contribution in [3.63, 3.8) is 0 Å². The normalized spacial score (nSPS) is 18.3. The van der Waals surface area contributed by atoms with Crippen LogP contribution in [-0.2, 0) is 12.8 Å². The van der Waals surface area contributed by atoms with Gasteiger partial charge in [0.1, 0.15) is 0 Å². The van der Waals surface area contributed by atoms with E-state index in [-0.39, 0.29) is 0 Å². The number of nitrogen functional groups attached to an aromatic ring is 1. The molecule has 4 rings (SSSR count). The molecule has 0 saturated heterocycles. The summed E-state index contributed by atoms with van der Waals surface area (Å²) < 4.78 is 0. The Morgan fingerprint density at radius 1 is 1.18 bits per heavy atom. The summed E-state index contributed by atoms with van der Waals surface area (Å²) >= 11 is 3.62. The SMILES string of the molecule is Nc1nc2c(s1)CCN(CC1=Cc3ccccc3SC1)CC2. The second-order valence-corrected chi connectivity index (χ2v) is 7.96. The van der Waals surface area contributed by atoms with Crippen LogP contribution in [0.1, 0.15) is 16.1 Å². The van der Waals surface area contributed by atoms with E-state index in [1.165, 1.54) is 26.6 Å². The highest BCUT2D eigenvalue weighted by Gasteiger charge is 2.19. The summed E-state index contributed by atoms with van der Waals surface area (Å²) in [5.74, 6) is 1.11. The maximum Gasteiger partial charge on any atom is 0.180 e. The molecule has 0 saturated carbocycles. The quantitative estimate of drug-likeness (QED) is 0.918. The van der Waals surface area contributed by atoms with E-state index in [0.29, 0.717) is 0 Å². The maximum absolute atomic E-state index is 5.82. The molecule has 22 heavy (non-hydrogen) atoms. The second kappa shape index (κ2) is 6.07. The van der Waals surface area contributed by atoms with Crippen LogP contribution in [0.3, 0.4) is 0 Å². The Morgan fingerprint density at radius 3 is 3.00 bits per heavy atom. The smallest absolute Gasteiger partial charge is 0.180 e. The highest BCUT2D eigenvalue weighted by Crippen LogP contribution is 2.32.